The predicted octanol–water partition coefficient (Wildman–Crippen LogP) is 9.14. The minimum Gasteiger partial charge on any atom is -0.375 e. The first-order valence-corrected chi connectivity index (χ1v) is 18.4. The lowest BCUT2D eigenvalue weighted by molar-refractivity contribution is -0.0505. The number of benzene rings is 4. The van der Waals surface area contributed by atoms with E-state index in [1.165, 1.54) is 18.2 Å². The van der Waals surface area contributed by atoms with Gasteiger partial charge in [-0.25, -0.2) is 0 Å². The second kappa shape index (κ2) is 11.8. The van der Waals surface area contributed by atoms with Crippen molar-refractivity contribution in [2.75, 3.05) is 0 Å². The summed E-state index contributed by atoms with van der Waals surface area (Å²) in [7, 11) is -12.5. The normalized spacial score (nSPS) is 13.1. The molecule has 0 aliphatic rings. The van der Waals surface area contributed by atoms with E-state index in [-0.39, 0.29) is 10.8 Å². The molecule has 0 heterocycles. The van der Waals surface area contributed by atoms with Crippen LogP contribution in [0.1, 0.15) is 0 Å². The van der Waals surface area contributed by atoms with Crippen LogP contribution in [-0.2, 0) is 20.2 Å². The molecule has 4 rings (SSSR count). The van der Waals surface area contributed by atoms with Gasteiger partial charge in [0.25, 0.3) is 0 Å². The smallest absolute Gasteiger partial charge is 0.375 e. The van der Waals surface area contributed by atoms with Crippen molar-refractivity contribution in [2.45, 2.75) is 11.0 Å². The molecule has 0 aromatic heterocycles. The molecule has 0 fully saturated rings. The quantitative estimate of drug-likeness (QED) is 0.0652. The number of halogens is 11. The molecule has 0 aliphatic heterocycles. The molecule has 0 unspecified atom stereocenters. The standard InChI is InChI=1S/C22H7F6I5O6S2/c23-21(24,25)40(34,35)38-14-5-2-9-8(1-4-11(29)19(9)32)17(14)18-15(39-41(36,37)22(26,27)28)6-3-10-16(18)12(30)7-13(31)20(10)33/h1-7H. The van der Waals surface area contributed by atoms with Crippen molar-refractivity contribution >= 4 is 155 Å². The molecular formula is C22H7F6I5O6S2. The lowest BCUT2D eigenvalue weighted by atomic mass is 9.92. The lowest BCUT2D eigenvalue weighted by Gasteiger charge is -2.21. The van der Waals surface area contributed by atoms with E-state index in [9.17, 15) is 43.2 Å². The van der Waals surface area contributed by atoms with E-state index in [4.69, 9.17) is 0 Å². The molecule has 19 heteroatoms. The molecule has 4 aromatic carbocycles. The van der Waals surface area contributed by atoms with E-state index < -0.39 is 53.9 Å². The maximum absolute atomic E-state index is 13.4. The summed E-state index contributed by atoms with van der Waals surface area (Å²) < 4.78 is 141. The Labute approximate surface area is 296 Å². The SMILES string of the molecule is O=S(=O)(Oc1ccc2c(I)c(I)ccc2c1-c1c(OS(=O)(=O)C(F)(F)F)ccc2c(I)c(I)cc(I)c12)C(F)(F)F. The maximum Gasteiger partial charge on any atom is 0.534 e. The maximum atomic E-state index is 13.4. The van der Waals surface area contributed by atoms with Crippen LogP contribution in [0.3, 0.4) is 0 Å². The fourth-order valence-electron chi connectivity index (χ4n) is 3.69. The Bertz CT molecular complexity index is 1960. The number of rotatable bonds is 5. The molecule has 0 atom stereocenters. The minimum absolute atomic E-state index is 0.0656. The summed E-state index contributed by atoms with van der Waals surface area (Å²) >= 11 is 9.71. The van der Waals surface area contributed by atoms with Crippen LogP contribution in [0.15, 0.2) is 42.5 Å². The van der Waals surface area contributed by atoms with Gasteiger partial charge in [-0.3, -0.25) is 0 Å². The topological polar surface area (TPSA) is 86.7 Å². The van der Waals surface area contributed by atoms with Crippen LogP contribution < -0.4 is 8.37 Å². The van der Waals surface area contributed by atoms with Crippen LogP contribution in [0.2, 0.25) is 0 Å². The number of hydrogen-bond acceptors (Lipinski definition) is 6. The molecule has 0 saturated carbocycles. The number of hydrogen-bond donors (Lipinski definition) is 0. The second-order valence-electron chi connectivity index (χ2n) is 7.88. The summed E-state index contributed by atoms with van der Waals surface area (Å²) in [5.41, 5.74) is -12.5. The number of alkyl halides is 6. The Morgan fingerprint density at radius 2 is 0.976 bits per heavy atom. The molecule has 0 saturated heterocycles. The van der Waals surface area contributed by atoms with Gasteiger partial charge >= 0.3 is 31.3 Å². The molecule has 0 spiro atoms. The highest BCUT2D eigenvalue weighted by Gasteiger charge is 2.50. The van der Waals surface area contributed by atoms with Crippen molar-refractivity contribution in [3.63, 3.8) is 0 Å². The Kier molecular flexibility index (Phi) is 9.80. The van der Waals surface area contributed by atoms with Gasteiger partial charge in [0.2, 0.25) is 0 Å². The second-order valence-corrected chi connectivity index (χ2v) is 16.6. The van der Waals surface area contributed by atoms with Crippen LogP contribution in [0.25, 0.3) is 32.7 Å². The van der Waals surface area contributed by atoms with E-state index in [1.54, 1.807) is 12.1 Å². The van der Waals surface area contributed by atoms with E-state index in [0.717, 1.165) is 12.1 Å². The van der Waals surface area contributed by atoms with E-state index in [1.807, 2.05) is 113 Å². The molecular weight excluding hydrogens is 1170 g/mol. The third-order valence-electron chi connectivity index (χ3n) is 5.37. The first-order valence-electron chi connectivity index (χ1n) is 10.2. The third-order valence-corrected chi connectivity index (χ3v) is 14.3. The zero-order valence-corrected chi connectivity index (χ0v) is 31.4. The first-order chi connectivity index (χ1) is 18.7. The van der Waals surface area contributed by atoms with Gasteiger partial charge in [0.05, 0.1) is 0 Å². The van der Waals surface area contributed by atoms with Crippen LogP contribution in [0, 0.1) is 17.9 Å². The lowest BCUT2D eigenvalue weighted by Crippen LogP contribution is -2.28. The first kappa shape index (κ1) is 34.0. The molecule has 4 aromatic rings. The average Bonchev–Trinajstić information content (AvgIpc) is 2.83. The van der Waals surface area contributed by atoms with Crippen LogP contribution in [-0.4, -0.2) is 27.9 Å². The van der Waals surface area contributed by atoms with Crippen molar-refractivity contribution in [3.8, 4) is 22.6 Å². The molecule has 0 radical (unpaired) electrons. The van der Waals surface area contributed by atoms with Gasteiger partial charge in [-0.05, 0) is 166 Å². The molecule has 0 bridgehead atoms. The van der Waals surface area contributed by atoms with Gasteiger partial charge in [-0.1, -0.05) is 6.07 Å². The van der Waals surface area contributed by atoms with Gasteiger partial charge in [-0.15, -0.1) is 0 Å². The van der Waals surface area contributed by atoms with Gasteiger partial charge in [0.15, 0.2) is 11.5 Å². The zero-order valence-electron chi connectivity index (χ0n) is 19.0. The van der Waals surface area contributed by atoms with Gasteiger partial charge < -0.3 is 8.37 Å². The Hall–Kier alpha value is 0.130. The van der Waals surface area contributed by atoms with E-state index in [0.29, 0.717) is 28.6 Å². The fraction of sp³-hybridized carbons (Fsp3) is 0.0909. The van der Waals surface area contributed by atoms with Gasteiger partial charge in [-0.2, -0.15) is 43.2 Å². The molecule has 0 N–H and O–H groups in total. The predicted molar refractivity (Wildman–Crippen MR) is 182 cm³/mol. The fourth-order valence-corrected chi connectivity index (χ4v) is 8.42. The highest BCUT2D eigenvalue weighted by Crippen LogP contribution is 2.50. The Morgan fingerprint density at radius 1 is 0.537 bits per heavy atom. The monoisotopic (exact) mass is 1180 g/mol. The molecule has 0 amide bonds. The summed E-state index contributed by atoms with van der Waals surface area (Å²) in [6.07, 6.45) is 0. The van der Waals surface area contributed by atoms with Crippen molar-refractivity contribution in [2.24, 2.45) is 0 Å². The van der Waals surface area contributed by atoms with Crippen LogP contribution in [0.5, 0.6) is 11.5 Å². The highest BCUT2D eigenvalue weighted by molar-refractivity contribution is 14.1. The third kappa shape index (κ3) is 6.45. The molecule has 41 heavy (non-hydrogen) atoms. The molecule has 6 nitrogen and oxygen atoms in total. The van der Waals surface area contributed by atoms with Crippen molar-refractivity contribution in [3.05, 3.63) is 60.3 Å². The zero-order chi connectivity index (χ0) is 30.9. The Balaban J connectivity index is 2.28. The van der Waals surface area contributed by atoms with Crippen LogP contribution >= 0.6 is 113 Å². The average molecular weight is 1180 g/mol. The molecule has 0 aliphatic carbocycles. The van der Waals surface area contributed by atoms with E-state index >= 15 is 0 Å². The highest BCUT2D eigenvalue weighted by atomic mass is 127. The Morgan fingerprint density at radius 3 is 1.49 bits per heavy atom. The summed E-state index contributed by atoms with van der Waals surface area (Å²) in [6.45, 7) is 0. The van der Waals surface area contributed by atoms with Crippen LogP contribution in [0.4, 0.5) is 26.3 Å². The summed E-state index contributed by atoms with van der Waals surface area (Å²) in [5, 5.41) is 0.924. The summed E-state index contributed by atoms with van der Waals surface area (Å²) in [5.74, 6) is -1.81. The molecule has 220 valence electrons. The van der Waals surface area contributed by atoms with Crippen molar-refractivity contribution < 1.29 is 51.5 Å². The van der Waals surface area contributed by atoms with Crippen molar-refractivity contribution in [1.82, 2.24) is 0 Å². The summed E-state index contributed by atoms with van der Waals surface area (Å²) in [6, 6.07) is 9.01. The van der Waals surface area contributed by atoms with Crippen molar-refractivity contribution in [1.29, 1.82) is 0 Å². The summed E-state index contributed by atoms with van der Waals surface area (Å²) in [4.78, 5) is 0. The number of fused-ring (bicyclic) bond motifs is 2. The van der Waals surface area contributed by atoms with Gasteiger partial charge in [0.1, 0.15) is 0 Å². The van der Waals surface area contributed by atoms with Gasteiger partial charge in [0, 0.05) is 34.4 Å². The van der Waals surface area contributed by atoms with E-state index in [2.05, 4.69) is 8.37 Å². The largest absolute Gasteiger partial charge is 0.534 e. The minimum atomic E-state index is -6.27.